The van der Waals surface area contributed by atoms with Gasteiger partial charge in [-0.25, -0.2) is 0 Å². The van der Waals surface area contributed by atoms with Crippen molar-refractivity contribution < 1.29 is 9.53 Å². The lowest BCUT2D eigenvalue weighted by Gasteiger charge is -2.38. The van der Waals surface area contributed by atoms with Crippen molar-refractivity contribution in [2.24, 2.45) is 11.7 Å². The smallest absolute Gasteiger partial charge is 0.311 e. The van der Waals surface area contributed by atoms with Gasteiger partial charge < -0.3 is 10.5 Å². The van der Waals surface area contributed by atoms with Crippen LogP contribution in [0.4, 0.5) is 0 Å². The Morgan fingerprint density at radius 1 is 1.42 bits per heavy atom. The van der Waals surface area contributed by atoms with Gasteiger partial charge in [0.1, 0.15) is 0 Å². The Hall–Kier alpha value is -0.610. The summed E-state index contributed by atoms with van der Waals surface area (Å²) in [6, 6.07) is 0.493. The van der Waals surface area contributed by atoms with E-state index in [9.17, 15) is 4.79 Å². The number of hydrogen-bond donors (Lipinski definition) is 1. The van der Waals surface area contributed by atoms with Crippen LogP contribution in [0.3, 0.4) is 0 Å². The molecule has 0 aliphatic carbocycles. The second-order valence-electron chi connectivity index (χ2n) is 5.78. The number of piperidine rings is 1. The fraction of sp³-hybridized carbons (Fsp3) is 0.933. The van der Waals surface area contributed by atoms with Crippen molar-refractivity contribution in [3.63, 3.8) is 0 Å². The summed E-state index contributed by atoms with van der Waals surface area (Å²) in [5.41, 5.74) is 6.03. The molecule has 0 aromatic heterocycles. The maximum atomic E-state index is 11.7. The number of methoxy groups -OCH3 is 1. The van der Waals surface area contributed by atoms with Crippen LogP contribution in [0, 0.1) is 5.92 Å². The lowest BCUT2D eigenvalue weighted by molar-refractivity contribution is -0.148. The molecule has 19 heavy (non-hydrogen) atoms. The SMILES string of the molecule is CCCCCCC(C)N1CC[C@@H](N)[C@H](C(=O)OC)C1. The zero-order valence-corrected chi connectivity index (χ0v) is 12.7. The van der Waals surface area contributed by atoms with E-state index < -0.39 is 0 Å². The first-order valence-electron chi connectivity index (χ1n) is 7.67. The van der Waals surface area contributed by atoms with Crippen LogP contribution >= 0.6 is 0 Å². The molecule has 0 aromatic rings. The second kappa shape index (κ2) is 8.54. The summed E-state index contributed by atoms with van der Waals surface area (Å²) in [6.45, 7) is 6.25. The van der Waals surface area contributed by atoms with Crippen molar-refractivity contribution in [3.05, 3.63) is 0 Å². The third-order valence-corrected chi connectivity index (χ3v) is 4.30. The predicted octanol–water partition coefficient (Wildman–Crippen LogP) is 2.17. The third-order valence-electron chi connectivity index (χ3n) is 4.30. The highest BCUT2D eigenvalue weighted by atomic mass is 16.5. The van der Waals surface area contributed by atoms with E-state index in [0.29, 0.717) is 6.04 Å². The molecule has 1 fully saturated rings. The summed E-state index contributed by atoms with van der Waals surface area (Å²) in [7, 11) is 1.45. The molecule has 0 radical (unpaired) electrons. The van der Waals surface area contributed by atoms with Crippen LogP contribution in [-0.4, -0.2) is 43.2 Å². The van der Waals surface area contributed by atoms with Crippen molar-refractivity contribution >= 4 is 5.97 Å². The largest absolute Gasteiger partial charge is 0.469 e. The lowest BCUT2D eigenvalue weighted by atomic mass is 9.91. The van der Waals surface area contributed by atoms with E-state index in [1.807, 2.05) is 0 Å². The highest BCUT2D eigenvalue weighted by Crippen LogP contribution is 2.21. The van der Waals surface area contributed by atoms with Gasteiger partial charge in [0.25, 0.3) is 0 Å². The van der Waals surface area contributed by atoms with Gasteiger partial charge in [0, 0.05) is 18.6 Å². The number of ether oxygens (including phenoxy) is 1. The summed E-state index contributed by atoms with van der Waals surface area (Å²) in [5.74, 6) is -0.313. The molecule has 4 nitrogen and oxygen atoms in total. The van der Waals surface area contributed by atoms with E-state index in [1.54, 1.807) is 0 Å². The Labute approximate surface area is 117 Å². The van der Waals surface area contributed by atoms with Crippen LogP contribution in [0.15, 0.2) is 0 Å². The zero-order chi connectivity index (χ0) is 14.3. The predicted molar refractivity (Wildman–Crippen MR) is 77.9 cm³/mol. The second-order valence-corrected chi connectivity index (χ2v) is 5.78. The van der Waals surface area contributed by atoms with Gasteiger partial charge in [0.2, 0.25) is 0 Å². The number of hydrogen-bond acceptors (Lipinski definition) is 4. The third kappa shape index (κ3) is 5.11. The monoisotopic (exact) mass is 270 g/mol. The molecule has 112 valence electrons. The van der Waals surface area contributed by atoms with E-state index in [-0.39, 0.29) is 17.9 Å². The van der Waals surface area contributed by atoms with Crippen LogP contribution < -0.4 is 5.73 Å². The van der Waals surface area contributed by atoms with Crippen molar-refractivity contribution in [3.8, 4) is 0 Å². The molecule has 1 unspecified atom stereocenters. The van der Waals surface area contributed by atoms with Gasteiger partial charge in [-0.05, 0) is 26.3 Å². The zero-order valence-electron chi connectivity index (χ0n) is 12.7. The lowest BCUT2D eigenvalue weighted by Crippen LogP contribution is -2.52. The number of likely N-dealkylation sites (tertiary alicyclic amines) is 1. The Morgan fingerprint density at radius 2 is 2.16 bits per heavy atom. The first-order valence-corrected chi connectivity index (χ1v) is 7.67. The van der Waals surface area contributed by atoms with Gasteiger partial charge in [-0.15, -0.1) is 0 Å². The summed E-state index contributed by atoms with van der Waals surface area (Å²) < 4.78 is 4.86. The number of rotatable bonds is 7. The number of nitrogens with zero attached hydrogens (tertiary/aromatic N) is 1. The summed E-state index contributed by atoms with van der Waals surface area (Å²) in [6.07, 6.45) is 7.29. The quantitative estimate of drug-likeness (QED) is 0.569. The number of esters is 1. The average molecular weight is 270 g/mol. The molecular formula is C15H30N2O2. The molecular weight excluding hydrogens is 240 g/mol. The van der Waals surface area contributed by atoms with Crippen molar-refractivity contribution in [1.29, 1.82) is 0 Å². The van der Waals surface area contributed by atoms with Gasteiger partial charge in [-0.3, -0.25) is 9.69 Å². The van der Waals surface area contributed by atoms with E-state index in [0.717, 1.165) is 19.5 Å². The molecule has 4 heteroatoms. The van der Waals surface area contributed by atoms with E-state index in [2.05, 4.69) is 18.7 Å². The normalized spacial score (nSPS) is 26.1. The summed E-state index contributed by atoms with van der Waals surface area (Å²) >= 11 is 0. The number of carbonyl (C=O) groups excluding carboxylic acids is 1. The van der Waals surface area contributed by atoms with Crippen LogP contribution in [0.5, 0.6) is 0 Å². The van der Waals surface area contributed by atoms with Crippen molar-refractivity contribution in [2.45, 2.75) is 64.5 Å². The van der Waals surface area contributed by atoms with Gasteiger partial charge in [0.15, 0.2) is 0 Å². The molecule has 3 atom stereocenters. The Kier molecular flexibility index (Phi) is 7.39. The fourth-order valence-corrected chi connectivity index (χ4v) is 2.85. The summed E-state index contributed by atoms with van der Waals surface area (Å²) in [5, 5.41) is 0. The first kappa shape index (κ1) is 16.4. The van der Waals surface area contributed by atoms with Crippen LogP contribution in [0.1, 0.15) is 52.4 Å². The van der Waals surface area contributed by atoms with Gasteiger partial charge in [-0.1, -0.05) is 32.6 Å². The minimum Gasteiger partial charge on any atom is -0.469 e. The number of carbonyl (C=O) groups is 1. The van der Waals surface area contributed by atoms with Crippen LogP contribution in [-0.2, 0) is 9.53 Å². The molecule has 1 aliphatic rings. The Morgan fingerprint density at radius 3 is 2.79 bits per heavy atom. The average Bonchev–Trinajstić information content (AvgIpc) is 2.43. The maximum Gasteiger partial charge on any atom is 0.311 e. The molecule has 1 heterocycles. The van der Waals surface area contributed by atoms with Crippen LogP contribution in [0.2, 0.25) is 0 Å². The number of unbranched alkanes of at least 4 members (excludes halogenated alkanes) is 3. The Bertz CT molecular complexity index is 271. The standard InChI is InChI=1S/C15H30N2O2/c1-4-5-6-7-8-12(2)17-10-9-14(16)13(11-17)15(18)19-3/h12-14H,4-11,16H2,1-3H3/t12?,13-,14-/m1/s1. The molecule has 0 amide bonds. The molecule has 2 N–H and O–H groups in total. The highest BCUT2D eigenvalue weighted by molar-refractivity contribution is 5.73. The molecule has 0 aromatic carbocycles. The first-order chi connectivity index (χ1) is 9.10. The molecule has 1 aliphatic heterocycles. The van der Waals surface area contributed by atoms with E-state index >= 15 is 0 Å². The minimum absolute atomic E-state index is 0.0454. The Balaban J connectivity index is 2.39. The van der Waals surface area contributed by atoms with E-state index in [4.69, 9.17) is 10.5 Å². The van der Waals surface area contributed by atoms with Gasteiger partial charge in [0.05, 0.1) is 13.0 Å². The summed E-state index contributed by atoms with van der Waals surface area (Å²) in [4.78, 5) is 14.1. The van der Waals surface area contributed by atoms with E-state index in [1.165, 1.54) is 39.2 Å². The van der Waals surface area contributed by atoms with Crippen molar-refractivity contribution in [1.82, 2.24) is 4.90 Å². The molecule has 1 rings (SSSR count). The molecule has 1 saturated heterocycles. The number of nitrogens with two attached hydrogens (primary N) is 1. The fourth-order valence-electron chi connectivity index (χ4n) is 2.85. The molecule has 0 bridgehead atoms. The highest BCUT2D eigenvalue weighted by Gasteiger charge is 2.34. The van der Waals surface area contributed by atoms with Gasteiger partial charge in [-0.2, -0.15) is 0 Å². The molecule has 0 saturated carbocycles. The molecule has 0 spiro atoms. The topological polar surface area (TPSA) is 55.6 Å². The maximum absolute atomic E-state index is 11.7. The van der Waals surface area contributed by atoms with Crippen LogP contribution in [0.25, 0.3) is 0 Å². The van der Waals surface area contributed by atoms with Crippen molar-refractivity contribution in [2.75, 3.05) is 20.2 Å². The minimum atomic E-state index is -0.157. The van der Waals surface area contributed by atoms with Gasteiger partial charge >= 0.3 is 5.97 Å².